The Morgan fingerprint density at radius 1 is 0.938 bits per heavy atom. The van der Waals surface area contributed by atoms with Crippen LogP contribution in [0.2, 0.25) is 0 Å². The van der Waals surface area contributed by atoms with Gasteiger partial charge < -0.3 is 15.4 Å². The van der Waals surface area contributed by atoms with Crippen molar-refractivity contribution in [3.8, 4) is 5.75 Å². The zero-order valence-corrected chi connectivity index (χ0v) is 18.2. The molecule has 32 heavy (non-hydrogen) atoms. The molecule has 0 bridgehead atoms. The monoisotopic (exact) mass is 428 g/mol. The minimum Gasteiger partial charge on any atom is -0.485 e. The molecule has 0 aliphatic rings. The van der Waals surface area contributed by atoms with Crippen LogP contribution in [0.25, 0.3) is 5.65 Å². The highest BCUT2D eigenvalue weighted by molar-refractivity contribution is 6.01. The van der Waals surface area contributed by atoms with Crippen molar-refractivity contribution in [3.05, 3.63) is 99.6 Å². The predicted octanol–water partition coefficient (Wildman–Crippen LogP) is 4.84. The largest absolute Gasteiger partial charge is 0.485 e. The minimum absolute atomic E-state index is 0.0942. The Morgan fingerprint density at radius 2 is 1.69 bits per heavy atom. The number of anilines is 2. The number of benzene rings is 2. The summed E-state index contributed by atoms with van der Waals surface area (Å²) in [7, 11) is 0. The summed E-state index contributed by atoms with van der Waals surface area (Å²) in [5.74, 6) is 0.481. The van der Waals surface area contributed by atoms with Gasteiger partial charge in [0.1, 0.15) is 18.0 Å². The topological polar surface area (TPSA) is 84.7 Å². The van der Waals surface area contributed by atoms with Crippen LogP contribution in [-0.4, -0.2) is 15.4 Å². The van der Waals surface area contributed by atoms with Crippen molar-refractivity contribution in [2.75, 3.05) is 10.6 Å². The number of aromatic nitrogens is 2. The number of pyridine rings is 1. The molecule has 7 nitrogen and oxygen atoms in total. The highest BCUT2D eigenvalue weighted by Gasteiger charge is 2.10. The average molecular weight is 428 g/mol. The number of hydrogen-bond donors (Lipinski definition) is 2. The summed E-state index contributed by atoms with van der Waals surface area (Å²) in [6, 6.07) is 17.8. The van der Waals surface area contributed by atoms with Crippen LogP contribution >= 0.6 is 0 Å². The van der Waals surface area contributed by atoms with Crippen LogP contribution in [0.4, 0.5) is 16.2 Å². The molecule has 2 heterocycles. The summed E-state index contributed by atoms with van der Waals surface area (Å²) in [6.07, 6.45) is 1.75. The van der Waals surface area contributed by atoms with Gasteiger partial charge in [-0.3, -0.25) is 9.20 Å². The molecule has 0 unspecified atom stereocenters. The SMILES string of the molecule is Cc1ccc(C)c(NC(=O)Nc2ccccc2OCc2cc(=O)n3cc(C)ccc3n2)c1. The van der Waals surface area contributed by atoms with E-state index in [0.29, 0.717) is 22.8 Å². The van der Waals surface area contributed by atoms with Gasteiger partial charge in [-0.05, 0) is 61.7 Å². The molecule has 0 spiro atoms. The molecule has 0 radical (unpaired) electrons. The van der Waals surface area contributed by atoms with Crippen LogP contribution in [0.3, 0.4) is 0 Å². The molecule has 0 saturated carbocycles. The number of amides is 2. The second kappa shape index (κ2) is 8.93. The third-order valence-electron chi connectivity index (χ3n) is 5.01. The molecular formula is C25H24N4O3. The fraction of sp³-hybridized carbons (Fsp3) is 0.160. The van der Waals surface area contributed by atoms with E-state index in [0.717, 1.165) is 22.4 Å². The van der Waals surface area contributed by atoms with E-state index in [2.05, 4.69) is 15.6 Å². The van der Waals surface area contributed by atoms with Gasteiger partial charge in [0.15, 0.2) is 0 Å². The Morgan fingerprint density at radius 3 is 2.53 bits per heavy atom. The lowest BCUT2D eigenvalue weighted by molar-refractivity contribution is 0.261. The minimum atomic E-state index is -0.368. The summed E-state index contributed by atoms with van der Waals surface area (Å²) in [5.41, 5.74) is 5.17. The molecule has 2 aromatic carbocycles. The number of hydrogen-bond acceptors (Lipinski definition) is 4. The van der Waals surface area contributed by atoms with Crippen molar-refractivity contribution in [2.45, 2.75) is 27.4 Å². The summed E-state index contributed by atoms with van der Waals surface area (Å²) in [5, 5.41) is 5.70. The molecule has 0 saturated heterocycles. The molecular weight excluding hydrogens is 404 g/mol. The zero-order valence-electron chi connectivity index (χ0n) is 18.2. The van der Waals surface area contributed by atoms with Crippen LogP contribution in [0.5, 0.6) is 5.75 Å². The Bertz CT molecular complexity index is 1360. The van der Waals surface area contributed by atoms with E-state index >= 15 is 0 Å². The lowest BCUT2D eigenvalue weighted by atomic mass is 10.1. The molecule has 4 aromatic rings. The molecule has 0 fully saturated rings. The number of urea groups is 1. The number of carbonyl (C=O) groups is 1. The standard InChI is InChI=1S/C25H24N4O3/c1-16-8-10-18(3)21(12-16)28-25(31)27-20-6-4-5-7-22(20)32-15-19-13-24(30)29-14-17(2)9-11-23(29)26-19/h4-14H,15H2,1-3H3,(H2,27,28,31). The number of nitrogens with zero attached hydrogens (tertiary/aromatic N) is 2. The Kier molecular flexibility index (Phi) is 5.89. The van der Waals surface area contributed by atoms with Gasteiger partial charge in [0.25, 0.3) is 5.56 Å². The van der Waals surface area contributed by atoms with E-state index in [1.807, 2.05) is 57.2 Å². The van der Waals surface area contributed by atoms with Crippen LogP contribution in [0.15, 0.2) is 71.7 Å². The normalized spacial score (nSPS) is 10.7. The number of aryl methyl sites for hydroxylation is 3. The number of rotatable bonds is 5. The first-order valence-corrected chi connectivity index (χ1v) is 10.2. The van der Waals surface area contributed by atoms with E-state index in [9.17, 15) is 9.59 Å². The quantitative estimate of drug-likeness (QED) is 0.476. The predicted molar refractivity (Wildman–Crippen MR) is 126 cm³/mol. The van der Waals surface area contributed by atoms with Crippen molar-refractivity contribution >= 4 is 23.1 Å². The van der Waals surface area contributed by atoms with E-state index < -0.39 is 0 Å². The maximum Gasteiger partial charge on any atom is 0.323 e. The van der Waals surface area contributed by atoms with Crippen LogP contribution in [0, 0.1) is 20.8 Å². The number of ether oxygens (including phenoxy) is 1. The maximum absolute atomic E-state index is 12.6. The summed E-state index contributed by atoms with van der Waals surface area (Å²) in [4.78, 5) is 29.5. The third kappa shape index (κ3) is 4.78. The Balaban J connectivity index is 1.48. The van der Waals surface area contributed by atoms with Crippen molar-refractivity contribution in [2.24, 2.45) is 0 Å². The summed E-state index contributed by atoms with van der Waals surface area (Å²) in [6.45, 7) is 5.92. The molecule has 7 heteroatoms. The van der Waals surface area contributed by atoms with Crippen molar-refractivity contribution in [3.63, 3.8) is 0 Å². The van der Waals surface area contributed by atoms with Crippen molar-refractivity contribution in [1.29, 1.82) is 0 Å². The van der Waals surface area contributed by atoms with Gasteiger partial charge in [-0.1, -0.05) is 30.3 Å². The van der Waals surface area contributed by atoms with Gasteiger partial charge in [0.2, 0.25) is 0 Å². The van der Waals surface area contributed by atoms with E-state index in [4.69, 9.17) is 4.74 Å². The van der Waals surface area contributed by atoms with Crippen molar-refractivity contribution in [1.82, 2.24) is 9.38 Å². The number of para-hydroxylation sites is 2. The van der Waals surface area contributed by atoms with Gasteiger partial charge in [0.05, 0.1) is 11.4 Å². The van der Waals surface area contributed by atoms with Crippen molar-refractivity contribution < 1.29 is 9.53 Å². The second-order valence-corrected chi connectivity index (χ2v) is 7.70. The fourth-order valence-electron chi connectivity index (χ4n) is 3.33. The molecule has 2 amide bonds. The lowest BCUT2D eigenvalue weighted by Crippen LogP contribution is -2.20. The van der Waals surface area contributed by atoms with Gasteiger partial charge in [-0.2, -0.15) is 0 Å². The molecule has 162 valence electrons. The van der Waals surface area contributed by atoms with E-state index in [1.165, 1.54) is 10.5 Å². The Hall–Kier alpha value is -4.13. The van der Waals surface area contributed by atoms with Crippen LogP contribution in [-0.2, 0) is 6.61 Å². The lowest BCUT2D eigenvalue weighted by Gasteiger charge is -2.14. The van der Waals surface area contributed by atoms with Gasteiger partial charge in [-0.25, -0.2) is 9.78 Å². The molecule has 2 N–H and O–H groups in total. The number of fused-ring (bicyclic) bond motifs is 1. The summed E-state index contributed by atoms with van der Waals surface area (Å²) >= 11 is 0. The molecule has 0 aliphatic heterocycles. The fourth-order valence-corrected chi connectivity index (χ4v) is 3.33. The van der Waals surface area contributed by atoms with Gasteiger partial charge in [0, 0.05) is 18.0 Å². The third-order valence-corrected chi connectivity index (χ3v) is 5.01. The van der Waals surface area contributed by atoms with Crippen LogP contribution < -0.4 is 20.9 Å². The molecule has 2 aromatic heterocycles. The Labute approximate surface area is 185 Å². The van der Waals surface area contributed by atoms with Crippen LogP contribution in [0.1, 0.15) is 22.4 Å². The molecule has 0 atom stereocenters. The highest BCUT2D eigenvalue weighted by atomic mass is 16.5. The maximum atomic E-state index is 12.6. The average Bonchev–Trinajstić information content (AvgIpc) is 2.76. The smallest absolute Gasteiger partial charge is 0.323 e. The first kappa shape index (κ1) is 21.1. The van der Waals surface area contributed by atoms with E-state index in [1.54, 1.807) is 24.4 Å². The number of nitrogens with one attached hydrogen (secondary N) is 2. The highest BCUT2D eigenvalue weighted by Crippen LogP contribution is 2.25. The van der Waals surface area contributed by atoms with Gasteiger partial charge in [-0.15, -0.1) is 0 Å². The second-order valence-electron chi connectivity index (χ2n) is 7.70. The number of carbonyl (C=O) groups excluding carboxylic acids is 1. The summed E-state index contributed by atoms with van der Waals surface area (Å²) < 4.78 is 7.40. The first-order chi connectivity index (χ1) is 15.4. The van der Waals surface area contributed by atoms with Gasteiger partial charge >= 0.3 is 6.03 Å². The molecule has 4 rings (SSSR count). The van der Waals surface area contributed by atoms with E-state index in [-0.39, 0.29) is 18.2 Å². The molecule has 0 aliphatic carbocycles. The zero-order chi connectivity index (χ0) is 22.7. The first-order valence-electron chi connectivity index (χ1n) is 10.2.